The van der Waals surface area contributed by atoms with Crippen molar-refractivity contribution in [3.8, 4) is 0 Å². The molecule has 0 unspecified atom stereocenters. The van der Waals surface area contributed by atoms with E-state index in [4.69, 9.17) is 9.88 Å². The third kappa shape index (κ3) is 5.53. The fraction of sp³-hybridized carbons (Fsp3) is 0.222. The molecule has 2 rings (SSSR count). The highest BCUT2D eigenvalue weighted by atomic mass is 32.2. The lowest BCUT2D eigenvalue weighted by molar-refractivity contribution is -0.123. The number of nitrogens with one attached hydrogen (secondary N) is 1. The molecule has 1 amide bonds. The Kier molecular flexibility index (Phi) is 6.19. The first-order valence-corrected chi connectivity index (χ1v) is 9.54. The van der Waals surface area contributed by atoms with Crippen molar-refractivity contribution in [2.45, 2.75) is 17.9 Å². The number of hydrogen-bond donors (Lipinski definition) is 2. The zero-order chi connectivity index (χ0) is 20.2. The quantitative estimate of drug-likeness (QED) is 0.722. The molecule has 0 aromatic heterocycles. The fourth-order valence-electron chi connectivity index (χ4n) is 2.17. The average Bonchev–Trinajstić information content (AvgIpc) is 2.61. The molecule has 0 heterocycles. The highest BCUT2D eigenvalue weighted by Crippen LogP contribution is 2.16. The molecule has 144 valence electrons. The summed E-state index contributed by atoms with van der Waals surface area (Å²) < 4.78 is 27.7. The van der Waals surface area contributed by atoms with Gasteiger partial charge in [0.2, 0.25) is 10.0 Å². The minimum absolute atomic E-state index is 0.0688. The van der Waals surface area contributed by atoms with E-state index < -0.39 is 28.0 Å². The van der Waals surface area contributed by atoms with Crippen molar-refractivity contribution in [2.24, 2.45) is 5.14 Å². The van der Waals surface area contributed by atoms with E-state index in [0.717, 1.165) is 5.69 Å². The maximum absolute atomic E-state index is 12.2. The van der Waals surface area contributed by atoms with Gasteiger partial charge in [0.25, 0.3) is 5.91 Å². The van der Waals surface area contributed by atoms with Crippen molar-refractivity contribution in [3.05, 3.63) is 54.1 Å². The van der Waals surface area contributed by atoms with Gasteiger partial charge in [-0.3, -0.25) is 4.79 Å². The van der Waals surface area contributed by atoms with E-state index in [1.54, 1.807) is 18.2 Å². The second-order valence-corrected chi connectivity index (χ2v) is 7.61. The highest BCUT2D eigenvalue weighted by Gasteiger charge is 2.19. The van der Waals surface area contributed by atoms with Crippen molar-refractivity contribution in [1.29, 1.82) is 0 Å². The molecule has 9 heteroatoms. The lowest BCUT2D eigenvalue weighted by Crippen LogP contribution is -2.30. The molecule has 3 N–H and O–H groups in total. The zero-order valence-corrected chi connectivity index (χ0v) is 16.0. The van der Waals surface area contributed by atoms with Gasteiger partial charge < -0.3 is 15.0 Å². The minimum atomic E-state index is -3.81. The van der Waals surface area contributed by atoms with Crippen molar-refractivity contribution in [1.82, 2.24) is 0 Å². The van der Waals surface area contributed by atoms with Gasteiger partial charge in [0.1, 0.15) is 0 Å². The Balaban J connectivity index is 2.01. The average molecular weight is 391 g/mol. The first-order chi connectivity index (χ1) is 12.6. The van der Waals surface area contributed by atoms with Crippen LogP contribution in [-0.2, 0) is 19.6 Å². The third-order valence-electron chi connectivity index (χ3n) is 3.70. The molecule has 0 aliphatic heterocycles. The Morgan fingerprint density at radius 2 is 1.74 bits per heavy atom. The molecule has 0 aliphatic carbocycles. The number of nitrogens with two attached hydrogens (primary N) is 1. The van der Waals surface area contributed by atoms with Gasteiger partial charge in [-0.05, 0) is 49.4 Å². The molecule has 2 aromatic rings. The number of rotatable bonds is 6. The summed E-state index contributed by atoms with van der Waals surface area (Å²) >= 11 is 0. The molecule has 0 bridgehead atoms. The molecule has 0 saturated carbocycles. The lowest BCUT2D eigenvalue weighted by atomic mass is 10.2. The van der Waals surface area contributed by atoms with Crippen LogP contribution in [0.15, 0.2) is 53.4 Å². The third-order valence-corrected chi connectivity index (χ3v) is 4.63. The van der Waals surface area contributed by atoms with E-state index in [0.29, 0.717) is 11.3 Å². The van der Waals surface area contributed by atoms with E-state index in [-0.39, 0.29) is 4.90 Å². The molecular weight excluding hydrogens is 370 g/mol. The monoisotopic (exact) mass is 391 g/mol. The number of sulfonamides is 1. The van der Waals surface area contributed by atoms with E-state index in [9.17, 15) is 18.0 Å². The van der Waals surface area contributed by atoms with Gasteiger partial charge in [-0.2, -0.15) is 0 Å². The summed E-state index contributed by atoms with van der Waals surface area (Å²) in [7, 11) is -0.108. The Morgan fingerprint density at radius 3 is 2.30 bits per heavy atom. The second-order valence-electron chi connectivity index (χ2n) is 6.05. The topological polar surface area (TPSA) is 119 Å². The molecule has 0 saturated heterocycles. The van der Waals surface area contributed by atoms with Gasteiger partial charge >= 0.3 is 5.97 Å². The van der Waals surface area contributed by atoms with Gasteiger partial charge in [0.15, 0.2) is 6.10 Å². The van der Waals surface area contributed by atoms with Crippen LogP contribution in [0.5, 0.6) is 0 Å². The zero-order valence-electron chi connectivity index (χ0n) is 15.2. The first-order valence-electron chi connectivity index (χ1n) is 8.00. The number of anilines is 2. The summed E-state index contributed by atoms with van der Waals surface area (Å²) in [6.07, 6.45) is -1.04. The van der Waals surface area contributed by atoms with Gasteiger partial charge in [-0.25, -0.2) is 18.4 Å². The summed E-state index contributed by atoms with van der Waals surface area (Å²) in [4.78, 5) is 26.2. The predicted molar refractivity (Wildman–Crippen MR) is 102 cm³/mol. The number of esters is 1. The minimum Gasteiger partial charge on any atom is -0.449 e. The predicted octanol–water partition coefficient (Wildman–Crippen LogP) is 1.58. The van der Waals surface area contributed by atoms with Gasteiger partial charge in [0, 0.05) is 25.5 Å². The number of carbonyl (C=O) groups excluding carboxylic acids is 2. The fourth-order valence-corrected chi connectivity index (χ4v) is 2.68. The van der Waals surface area contributed by atoms with Crippen LogP contribution in [0.1, 0.15) is 17.3 Å². The van der Waals surface area contributed by atoms with Gasteiger partial charge in [-0.1, -0.05) is 6.07 Å². The number of nitrogens with zero attached hydrogens (tertiary/aromatic N) is 1. The highest BCUT2D eigenvalue weighted by molar-refractivity contribution is 7.89. The molecule has 2 aromatic carbocycles. The Bertz CT molecular complexity index is 940. The molecule has 27 heavy (non-hydrogen) atoms. The van der Waals surface area contributed by atoms with Crippen molar-refractivity contribution in [3.63, 3.8) is 0 Å². The standard InChI is InChI=1S/C18H21N3O5S/c1-12(26-18(23)13-5-4-6-15(11-13)21(2)3)17(22)20-14-7-9-16(10-8-14)27(19,24)25/h4-12H,1-3H3,(H,20,22)(H2,19,24,25)/t12-/m1/s1. The summed E-state index contributed by atoms with van der Waals surface area (Å²) in [5.74, 6) is -1.17. The van der Waals surface area contributed by atoms with Crippen LogP contribution in [0.3, 0.4) is 0 Å². The van der Waals surface area contributed by atoms with E-state index in [2.05, 4.69) is 5.32 Å². The summed E-state index contributed by atoms with van der Waals surface area (Å²) in [6.45, 7) is 1.45. The molecule has 8 nitrogen and oxygen atoms in total. The number of primary sulfonamides is 1. The number of carbonyl (C=O) groups is 2. The van der Waals surface area contributed by atoms with Crippen molar-refractivity contribution in [2.75, 3.05) is 24.3 Å². The van der Waals surface area contributed by atoms with Crippen LogP contribution in [0.4, 0.5) is 11.4 Å². The van der Waals surface area contributed by atoms with Crippen LogP contribution < -0.4 is 15.4 Å². The molecule has 0 radical (unpaired) electrons. The van der Waals surface area contributed by atoms with Crippen LogP contribution >= 0.6 is 0 Å². The molecule has 1 atom stereocenters. The van der Waals surface area contributed by atoms with Crippen molar-refractivity contribution < 1.29 is 22.7 Å². The summed E-state index contributed by atoms with van der Waals surface area (Å²) in [5, 5.41) is 7.57. The van der Waals surface area contributed by atoms with Crippen molar-refractivity contribution >= 4 is 33.3 Å². The van der Waals surface area contributed by atoms with Crippen LogP contribution in [-0.4, -0.2) is 40.5 Å². The van der Waals surface area contributed by atoms with E-state index in [1.165, 1.54) is 31.2 Å². The number of benzene rings is 2. The van der Waals surface area contributed by atoms with Crippen LogP contribution in [0.25, 0.3) is 0 Å². The maximum Gasteiger partial charge on any atom is 0.338 e. The van der Waals surface area contributed by atoms with Gasteiger partial charge in [-0.15, -0.1) is 0 Å². The maximum atomic E-state index is 12.2. The molecule has 0 fully saturated rings. The molecular formula is C18H21N3O5S. The Labute approximate surface area is 158 Å². The SMILES string of the molecule is C[C@@H](OC(=O)c1cccc(N(C)C)c1)C(=O)Nc1ccc(S(N)(=O)=O)cc1. The number of ether oxygens (including phenoxy) is 1. The smallest absolute Gasteiger partial charge is 0.338 e. The van der Waals surface area contributed by atoms with Crippen LogP contribution in [0.2, 0.25) is 0 Å². The molecule has 0 spiro atoms. The Morgan fingerprint density at radius 1 is 1.11 bits per heavy atom. The second kappa shape index (κ2) is 8.19. The number of amides is 1. The van der Waals surface area contributed by atoms with E-state index in [1.807, 2.05) is 25.1 Å². The first kappa shape index (κ1) is 20.4. The van der Waals surface area contributed by atoms with Crippen LogP contribution in [0, 0.1) is 0 Å². The van der Waals surface area contributed by atoms with Gasteiger partial charge in [0.05, 0.1) is 10.5 Å². The number of hydrogen-bond acceptors (Lipinski definition) is 6. The lowest BCUT2D eigenvalue weighted by Gasteiger charge is -2.16. The van der Waals surface area contributed by atoms with E-state index >= 15 is 0 Å². The molecule has 0 aliphatic rings. The Hall–Kier alpha value is -2.91. The summed E-state index contributed by atoms with van der Waals surface area (Å²) in [5.41, 5.74) is 1.51. The summed E-state index contributed by atoms with van der Waals surface area (Å²) in [6, 6.07) is 12.2. The largest absolute Gasteiger partial charge is 0.449 e. The normalized spacial score (nSPS) is 12.1.